The zero-order valence-electron chi connectivity index (χ0n) is 9.98. The highest BCUT2D eigenvalue weighted by molar-refractivity contribution is 6.33. The molecule has 4 nitrogen and oxygen atoms in total. The summed E-state index contributed by atoms with van der Waals surface area (Å²) >= 11 is 5.88. The molecule has 0 saturated carbocycles. The molecular formula is C13H14ClN3O. The van der Waals surface area contributed by atoms with Crippen LogP contribution in [0.5, 0.6) is 0 Å². The maximum atomic E-state index is 11.2. The fourth-order valence-electron chi connectivity index (χ4n) is 1.70. The molecule has 0 radical (unpaired) electrons. The summed E-state index contributed by atoms with van der Waals surface area (Å²) in [5.41, 5.74) is 7.53. The molecule has 18 heavy (non-hydrogen) atoms. The molecule has 0 spiro atoms. The number of hydrogen-bond acceptors (Lipinski definition) is 2. The van der Waals surface area contributed by atoms with E-state index in [1.54, 1.807) is 12.1 Å². The monoisotopic (exact) mass is 263 g/mol. The van der Waals surface area contributed by atoms with Crippen molar-refractivity contribution >= 4 is 23.2 Å². The zero-order valence-corrected chi connectivity index (χ0v) is 10.7. The van der Waals surface area contributed by atoms with Gasteiger partial charge in [-0.1, -0.05) is 11.6 Å². The molecule has 1 heterocycles. The van der Waals surface area contributed by atoms with Crippen molar-refractivity contribution in [3.05, 3.63) is 52.8 Å². The maximum Gasteiger partial charge on any atom is 0.250 e. The van der Waals surface area contributed by atoms with Gasteiger partial charge in [-0.15, -0.1) is 0 Å². The van der Waals surface area contributed by atoms with Crippen LogP contribution in [0.1, 0.15) is 16.1 Å². The van der Waals surface area contributed by atoms with Crippen LogP contribution in [-0.2, 0) is 13.6 Å². The standard InChI is InChI=1S/C13H14ClN3O/c1-17-6-2-3-10(17)8-16-9-4-5-12(14)11(7-9)13(15)18/h2-7,16H,8H2,1H3,(H2,15,18). The van der Waals surface area contributed by atoms with Gasteiger partial charge in [0.15, 0.2) is 0 Å². The minimum Gasteiger partial charge on any atom is -0.379 e. The van der Waals surface area contributed by atoms with Gasteiger partial charge in [0.05, 0.1) is 17.1 Å². The van der Waals surface area contributed by atoms with Crippen LogP contribution in [-0.4, -0.2) is 10.5 Å². The van der Waals surface area contributed by atoms with Gasteiger partial charge in [-0.3, -0.25) is 4.79 Å². The first-order valence-electron chi connectivity index (χ1n) is 5.51. The SMILES string of the molecule is Cn1cccc1CNc1ccc(Cl)c(C(N)=O)c1. The molecule has 5 heteroatoms. The second-order valence-electron chi connectivity index (χ2n) is 4.02. The Labute approximate surface area is 110 Å². The fourth-order valence-corrected chi connectivity index (χ4v) is 1.91. The smallest absolute Gasteiger partial charge is 0.250 e. The van der Waals surface area contributed by atoms with Crippen LogP contribution in [0.15, 0.2) is 36.5 Å². The molecule has 1 aromatic heterocycles. The number of halogens is 1. The predicted octanol–water partition coefficient (Wildman–Crippen LogP) is 2.39. The first-order valence-corrected chi connectivity index (χ1v) is 5.89. The normalized spacial score (nSPS) is 10.3. The van der Waals surface area contributed by atoms with Crippen LogP contribution in [0.3, 0.4) is 0 Å². The lowest BCUT2D eigenvalue weighted by molar-refractivity contribution is 0.100. The molecule has 2 aromatic rings. The molecule has 0 saturated heterocycles. The Morgan fingerprint density at radius 3 is 2.83 bits per heavy atom. The highest BCUT2D eigenvalue weighted by Crippen LogP contribution is 2.20. The van der Waals surface area contributed by atoms with Crippen molar-refractivity contribution in [1.82, 2.24) is 4.57 Å². The second kappa shape index (κ2) is 5.14. The molecule has 0 aliphatic carbocycles. The maximum absolute atomic E-state index is 11.2. The largest absolute Gasteiger partial charge is 0.379 e. The molecule has 1 aromatic carbocycles. The van der Waals surface area contributed by atoms with Crippen molar-refractivity contribution in [3.8, 4) is 0 Å². The van der Waals surface area contributed by atoms with Gasteiger partial charge >= 0.3 is 0 Å². The van der Waals surface area contributed by atoms with Gasteiger partial charge in [0.25, 0.3) is 0 Å². The Bertz CT molecular complexity index is 577. The van der Waals surface area contributed by atoms with Crippen LogP contribution in [0.25, 0.3) is 0 Å². The Morgan fingerprint density at radius 2 is 2.22 bits per heavy atom. The van der Waals surface area contributed by atoms with E-state index in [4.69, 9.17) is 17.3 Å². The van der Waals surface area contributed by atoms with Crippen LogP contribution in [0, 0.1) is 0 Å². The van der Waals surface area contributed by atoms with Gasteiger partial charge in [-0.2, -0.15) is 0 Å². The predicted molar refractivity (Wildman–Crippen MR) is 72.7 cm³/mol. The third kappa shape index (κ3) is 2.65. The van der Waals surface area contributed by atoms with Crippen molar-refractivity contribution in [1.29, 1.82) is 0 Å². The van der Waals surface area contributed by atoms with E-state index in [0.717, 1.165) is 11.4 Å². The number of benzene rings is 1. The Hall–Kier alpha value is -1.94. The quantitative estimate of drug-likeness (QED) is 0.890. The number of hydrogen-bond donors (Lipinski definition) is 2. The summed E-state index contributed by atoms with van der Waals surface area (Å²) in [7, 11) is 1.98. The van der Waals surface area contributed by atoms with E-state index in [-0.39, 0.29) is 0 Å². The Kier molecular flexibility index (Phi) is 3.58. The lowest BCUT2D eigenvalue weighted by atomic mass is 10.2. The number of aryl methyl sites for hydroxylation is 1. The Morgan fingerprint density at radius 1 is 1.44 bits per heavy atom. The number of anilines is 1. The molecule has 0 aliphatic rings. The lowest BCUT2D eigenvalue weighted by Crippen LogP contribution is -2.12. The summed E-state index contributed by atoms with van der Waals surface area (Å²) in [6.07, 6.45) is 1.98. The summed E-state index contributed by atoms with van der Waals surface area (Å²) < 4.78 is 2.03. The van der Waals surface area contributed by atoms with Gasteiger partial charge in [0, 0.05) is 24.6 Å². The fraction of sp³-hybridized carbons (Fsp3) is 0.154. The second-order valence-corrected chi connectivity index (χ2v) is 4.43. The first-order chi connectivity index (χ1) is 8.58. The molecule has 0 fully saturated rings. The van der Waals surface area contributed by atoms with E-state index >= 15 is 0 Å². The number of carbonyl (C=O) groups is 1. The van der Waals surface area contributed by atoms with E-state index in [1.165, 1.54) is 0 Å². The minimum absolute atomic E-state index is 0.327. The van der Waals surface area contributed by atoms with Crippen LogP contribution in [0.4, 0.5) is 5.69 Å². The van der Waals surface area contributed by atoms with E-state index in [0.29, 0.717) is 17.1 Å². The number of rotatable bonds is 4. The van der Waals surface area contributed by atoms with E-state index in [1.807, 2.05) is 36.0 Å². The highest BCUT2D eigenvalue weighted by atomic mass is 35.5. The van der Waals surface area contributed by atoms with Gasteiger partial charge in [0.2, 0.25) is 5.91 Å². The van der Waals surface area contributed by atoms with Crippen molar-refractivity contribution in [3.63, 3.8) is 0 Å². The average Bonchev–Trinajstić information content (AvgIpc) is 2.73. The van der Waals surface area contributed by atoms with E-state index in [9.17, 15) is 4.79 Å². The lowest BCUT2D eigenvalue weighted by Gasteiger charge is -2.09. The zero-order chi connectivity index (χ0) is 13.1. The summed E-state index contributed by atoms with van der Waals surface area (Å²) in [5, 5.41) is 3.59. The van der Waals surface area contributed by atoms with Crippen LogP contribution >= 0.6 is 11.6 Å². The third-order valence-corrected chi connectivity index (χ3v) is 3.09. The molecule has 0 bridgehead atoms. The van der Waals surface area contributed by atoms with Gasteiger partial charge < -0.3 is 15.6 Å². The molecule has 0 atom stereocenters. The number of amides is 1. The van der Waals surface area contributed by atoms with Crippen molar-refractivity contribution in [2.45, 2.75) is 6.54 Å². The molecule has 2 rings (SSSR count). The highest BCUT2D eigenvalue weighted by Gasteiger charge is 2.07. The Balaban J connectivity index is 2.13. The topological polar surface area (TPSA) is 60.1 Å². The van der Waals surface area contributed by atoms with Gasteiger partial charge in [0.1, 0.15) is 0 Å². The van der Waals surface area contributed by atoms with Crippen molar-refractivity contribution in [2.75, 3.05) is 5.32 Å². The summed E-state index contributed by atoms with van der Waals surface area (Å²) in [6, 6.07) is 9.14. The van der Waals surface area contributed by atoms with Crippen LogP contribution in [0.2, 0.25) is 5.02 Å². The molecule has 0 unspecified atom stereocenters. The number of nitrogens with one attached hydrogen (secondary N) is 1. The van der Waals surface area contributed by atoms with Crippen molar-refractivity contribution in [2.24, 2.45) is 12.8 Å². The summed E-state index contributed by atoms with van der Waals surface area (Å²) in [5.74, 6) is -0.525. The summed E-state index contributed by atoms with van der Waals surface area (Å²) in [4.78, 5) is 11.2. The first kappa shape index (κ1) is 12.5. The number of carbonyl (C=O) groups excluding carboxylic acids is 1. The molecule has 94 valence electrons. The number of aromatic nitrogens is 1. The molecule has 0 aliphatic heterocycles. The molecular weight excluding hydrogens is 250 g/mol. The van der Waals surface area contributed by atoms with Gasteiger partial charge in [-0.05, 0) is 30.3 Å². The number of nitrogens with two attached hydrogens (primary N) is 1. The average molecular weight is 264 g/mol. The van der Waals surface area contributed by atoms with Gasteiger partial charge in [-0.25, -0.2) is 0 Å². The van der Waals surface area contributed by atoms with E-state index < -0.39 is 5.91 Å². The summed E-state index contributed by atoms with van der Waals surface area (Å²) in [6.45, 7) is 0.670. The molecule has 3 N–H and O–H groups in total. The van der Waals surface area contributed by atoms with Crippen molar-refractivity contribution < 1.29 is 4.79 Å². The minimum atomic E-state index is -0.525. The van der Waals surface area contributed by atoms with Crippen LogP contribution < -0.4 is 11.1 Å². The number of primary amides is 1. The van der Waals surface area contributed by atoms with E-state index in [2.05, 4.69) is 5.32 Å². The number of nitrogens with zero attached hydrogens (tertiary/aromatic N) is 1. The molecule has 1 amide bonds. The third-order valence-electron chi connectivity index (χ3n) is 2.76.